The zero-order valence-electron chi connectivity index (χ0n) is 7.13. The fraction of sp³-hybridized carbons (Fsp3) is 1.00. The van der Waals surface area contributed by atoms with E-state index in [-0.39, 0.29) is 0 Å². The Morgan fingerprint density at radius 2 is 2.09 bits per heavy atom. The summed E-state index contributed by atoms with van der Waals surface area (Å²) in [7, 11) is 0. The predicted octanol–water partition coefficient (Wildman–Crippen LogP) is 0.820. The van der Waals surface area contributed by atoms with Gasteiger partial charge in [-0.15, -0.1) is 0 Å². The van der Waals surface area contributed by atoms with Crippen LogP contribution in [-0.2, 0) is 0 Å². The first-order valence-corrected chi connectivity index (χ1v) is 4.84. The van der Waals surface area contributed by atoms with Crippen molar-refractivity contribution in [2.75, 3.05) is 19.6 Å². The summed E-state index contributed by atoms with van der Waals surface area (Å²) in [6.45, 7) is 3.51. The number of hydrogen-bond donors (Lipinski definition) is 1. The van der Waals surface area contributed by atoms with E-state index in [1.54, 1.807) is 0 Å². The maximum absolute atomic E-state index is 5.66. The zero-order valence-corrected chi connectivity index (χ0v) is 7.13. The molecule has 1 aliphatic heterocycles. The highest BCUT2D eigenvalue weighted by atomic mass is 15.2. The Hall–Kier alpha value is -0.0800. The third-order valence-electron chi connectivity index (χ3n) is 2.95. The van der Waals surface area contributed by atoms with Crippen LogP contribution < -0.4 is 5.73 Å². The maximum atomic E-state index is 5.66. The molecular weight excluding hydrogens is 136 g/mol. The SMILES string of the molecule is NCC1CCCN(C2CC2)C1. The van der Waals surface area contributed by atoms with Crippen molar-refractivity contribution < 1.29 is 0 Å². The van der Waals surface area contributed by atoms with Crippen LogP contribution in [0.25, 0.3) is 0 Å². The molecule has 2 rings (SSSR count). The minimum atomic E-state index is 0.796. The maximum Gasteiger partial charge on any atom is 0.00965 e. The predicted molar refractivity (Wildman–Crippen MR) is 46.4 cm³/mol. The van der Waals surface area contributed by atoms with Gasteiger partial charge in [-0.05, 0) is 44.7 Å². The van der Waals surface area contributed by atoms with Crippen LogP contribution in [0.15, 0.2) is 0 Å². The molecule has 2 heteroatoms. The van der Waals surface area contributed by atoms with Crippen LogP contribution in [0, 0.1) is 5.92 Å². The summed E-state index contributed by atoms with van der Waals surface area (Å²) in [5.41, 5.74) is 5.66. The van der Waals surface area contributed by atoms with E-state index < -0.39 is 0 Å². The number of nitrogens with zero attached hydrogens (tertiary/aromatic N) is 1. The average molecular weight is 154 g/mol. The van der Waals surface area contributed by atoms with Gasteiger partial charge in [0.2, 0.25) is 0 Å². The summed E-state index contributed by atoms with van der Waals surface area (Å²) in [6.07, 6.45) is 5.62. The second kappa shape index (κ2) is 3.11. The summed E-state index contributed by atoms with van der Waals surface area (Å²) in [4.78, 5) is 2.64. The monoisotopic (exact) mass is 154 g/mol. The molecule has 0 aromatic carbocycles. The second-order valence-electron chi connectivity index (χ2n) is 3.97. The number of likely N-dealkylation sites (tertiary alicyclic amines) is 1. The van der Waals surface area contributed by atoms with Crippen LogP contribution in [-0.4, -0.2) is 30.6 Å². The van der Waals surface area contributed by atoms with Gasteiger partial charge in [0.25, 0.3) is 0 Å². The van der Waals surface area contributed by atoms with Gasteiger partial charge in [-0.25, -0.2) is 0 Å². The van der Waals surface area contributed by atoms with Crippen molar-refractivity contribution in [3.05, 3.63) is 0 Å². The molecule has 0 radical (unpaired) electrons. The lowest BCUT2D eigenvalue weighted by atomic mass is 9.98. The molecule has 1 aliphatic carbocycles. The van der Waals surface area contributed by atoms with E-state index >= 15 is 0 Å². The molecule has 11 heavy (non-hydrogen) atoms. The Bertz CT molecular complexity index is 132. The second-order valence-corrected chi connectivity index (χ2v) is 3.97. The molecule has 1 saturated heterocycles. The lowest BCUT2D eigenvalue weighted by molar-refractivity contribution is 0.170. The Morgan fingerprint density at radius 1 is 1.27 bits per heavy atom. The third-order valence-corrected chi connectivity index (χ3v) is 2.95. The van der Waals surface area contributed by atoms with Gasteiger partial charge >= 0.3 is 0 Å². The van der Waals surface area contributed by atoms with Gasteiger partial charge in [0.15, 0.2) is 0 Å². The van der Waals surface area contributed by atoms with E-state index in [9.17, 15) is 0 Å². The Balaban J connectivity index is 1.82. The van der Waals surface area contributed by atoms with E-state index in [4.69, 9.17) is 5.73 Å². The molecule has 0 aromatic rings. The van der Waals surface area contributed by atoms with Gasteiger partial charge in [0.05, 0.1) is 0 Å². The van der Waals surface area contributed by atoms with Gasteiger partial charge in [0.1, 0.15) is 0 Å². The largest absolute Gasteiger partial charge is 0.330 e. The third kappa shape index (κ3) is 1.74. The number of rotatable bonds is 2. The van der Waals surface area contributed by atoms with Crippen LogP contribution in [0.4, 0.5) is 0 Å². The number of piperidine rings is 1. The molecule has 2 aliphatic rings. The van der Waals surface area contributed by atoms with Gasteiger partial charge in [0, 0.05) is 12.6 Å². The van der Waals surface area contributed by atoms with Crippen molar-refractivity contribution in [1.29, 1.82) is 0 Å². The molecule has 2 fully saturated rings. The zero-order chi connectivity index (χ0) is 7.68. The van der Waals surface area contributed by atoms with Gasteiger partial charge < -0.3 is 10.6 Å². The van der Waals surface area contributed by atoms with Crippen molar-refractivity contribution in [1.82, 2.24) is 4.90 Å². The van der Waals surface area contributed by atoms with Crippen molar-refractivity contribution >= 4 is 0 Å². The van der Waals surface area contributed by atoms with E-state index in [2.05, 4.69) is 4.90 Å². The van der Waals surface area contributed by atoms with Crippen LogP contribution in [0.5, 0.6) is 0 Å². The van der Waals surface area contributed by atoms with E-state index in [1.165, 1.54) is 38.8 Å². The van der Waals surface area contributed by atoms with Gasteiger partial charge in [-0.3, -0.25) is 0 Å². The first-order chi connectivity index (χ1) is 5.40. The minimum absolute atomic E-state index is 0.796. The van der Waals surface area contributed by atoms with Crippen molar-refractivity contribution in [3.8, 4) is 0 Å². The molecule has 2 nitrogen and oxygen atoms in total. The average Bonchev–Trinajstić information content (AvgIpc) is 2.87. The molecule has 2 N–H and O–H groups in total. The fourth-order valence-electron chi connectivity index (χ4n) is 2.06. The van der Waals surface area contributed by atoms with Crippen molar-refractivity contribution in [2.45, 2.75) is 31.7 Å². The van der Waals surface area contributed by atoms with Crippen LogP contribution >= 0.6 is 0 Å². The van der Waals surface area contributed by atoms with Crippen LogP contribution in [0.2, 0.25) is 0 Å². The van der Waals surface area contributed by atoms with Crippen LogP contribution in [0.3, 0.4) is 0 Å². The van der Waals surface area contributed by atoms with Crippen LogP contribution in [0.1, 0.15) is 25.7 Å². The quantitative estimate of drug-likeness (QED) is 0.638. The van der Waals surface area contributed by atoms with E-state index in [0.717, 1.165) is 18.5 Å². The van der Waals surface area contributed by atoms with Crippen molar-refractivity contribution in [2.24, 2.45) is 11.7 Å². The Morgan fingerprint density at radius 3 is 2.73 bits per heavy atom. The Kier molecular flexibility index (Phi) is 2.14. The molecule has 0 bridgehead atoms. The molecule has 0 spiro atoms. The highest BCUT2D eigenvalue weighted by Gasteiger charge is 2.31. The topological polar surface area (TPSA) is 29.3 Å². The standard InChI is InChI=1S/C9H18N2/c10-6-8-2-1-5-11(7-8)9-3-4-9/h8-9H,1-7,10H2. The molecule has 1 atom stereocenters. The molecule has 1 heterocycles. The minimum Gasteiger partial charge on any atom is -0.330 e. The van der Waals surface area contributed by atoms with E-state index in [1.807, 2.05) is 0 Å². The Labute approximate surface area is 68.7 Å². The molecular formula is C9H18N2. The molecule has 0 amide bonds. The summed E-state index contributed by atoms with van der Waals surface area (Å²) < 4.78 is 0. The summed E-state index contributed by atoms with van der Waals surface area (Å²) in [5, 5.41) is 0. The van der Waals surface area contributed by atoms with E-state index in [0.29, 0.717) is 0 Å². The molecule has 1 unspecified atom stereocenters. The van der Waals surface area contributed by atoms with Gasteiger partial charge in [-0.2, -0.15) is 0 Å². The number of nitrogens with two attached hydrogens (primary N) is 1. The van der Waals surface area contributed by atoms with Crippen molar-refractivity contribution in [3.63, 3.8) is 0 Å². The fourth-order valence-corrected chi connectivity index (χ4v) is 2.06. The summed E-state index contributed by atoms with van der Waals surface area (Å²) in [6, 6.07) is 0.948. The first kappa shape index (κ1) is 7.56. The van der Waals surface area contributed by atoms with Gasteiger partial charge in [-0.1, -0.05) is 0 Å². The number of hydrogen-bond acceptors (Lipinski definition) is 2. The molecule has 64 valence electrons. The summed E-state index contributed by atoms with van der Waals surface area (Å²) in [5.74, 6) is 0.796. The first-order valence-electron chi connectivity index (χ1n) is 4.84. The highest BCUT2D eigenvalue weighted by molar-refractivity contribution is 4.87. The molecule has 0 aromatic heterocycles. The lowest BCUT2D eigenvalue weighted by Crippen LogP contribution is -2.39. The lowest BCUT2D eigenvalue weighted by Gasteiger charge is -2.31. The summed E-state index contributed by atoms with van der Waals surface area (Å²) >= 11 is 0. The normalized spacial score (nSPS) is 34.1. The molecule has 1 saturated carbocycles. The highest BCUT2D eigenvalue weighted by Crippen LogP contribution is 2.30. The smallest absolute Gasteiger partial charge is 0.00965 e.